The Labute approximate surface area is 810 Å². The largest absolute Gasteiger partial charge is 0.493 e. The smallest absolute Gasteiger partial charge is 0.338 e. The number of thiazole rings is 4. The van der Waals surface area contributed by atoms with Crippen LogP contribution in [0.5, 0.6) is 46.0 Å². The number of fused-ring (bicyclic) bond motifs is 4. The molecule has 136 heavy (non-hydrogen) atoms. The van der Waals surface area contributed by atoms with Gasteiger partial charge in [0.15, 0.2) is 65.2 Å². The van der Waals surface area contributed by atoms with Crippen LogP contribution in [-0.2, 0) is 42.9 Å². The second kappa shape index (κ2) is 46.6. The Balaban J connectivity index is 0.000000161. The van der Waals surface area contributed by atoms with Crippen molar-refractivity contribution in [2.45, 2.75) is 58.8 Å². The first-order chi connectivity index (χ1) is 65.6. The maximum Gasteiger partial charge on any atom is 0.338 e. The lowest BCUT2D eigenvalue weighted by Crippen LogP contribution is -2.39. The van der Waals surface area contributed by atoms with Crippen LogP contribution in [0.3, 0.4) is 0 Å². The van der Waals surface area contributed by atoms with E-state index < -0.39 is 54.0 Å². The Hall–Kier alpha value is -14.3. The van der Waals surface area contributed by atoms with Gasteiger partial charge in [-0.25, -0.2) is 39.1 Å². The van der Waals surface area contributed by atoms with Crippen LogP contribution < -0.4 is 97.5 Å². The number of carbonyl (C=O) groups is 5. The number of methoxy groups -OCH3 is 8. The molecule has 38 heteroatoms. The second-order valence-corrected chi connectivity index (χ2v) is 36.9. The minimum absolute atomic E-state index is 0.225. The number of rotatable bonds is 28. The molecule has 12 aromatic rings. The monoisotopic (exact) mass is 1990 g/mol. The van der Waals surface area contributed by atoms with Gasteiger partial charge < -0.3 is 61.9 Å². The van der Waals surface area contributed by atoms with E-state index in [9.17, 15) is 38.4 Å². The van der Waals surface area contributed by atoms with E-state index in [1.165, 1.54) is 119 Å². The van der Waals surface area contributed by atoms with Crippen molar-refractivity contribution in [1.82, 2.24) is 18.3 Å². The molecule has 1 N–H and O–H groups in total. The molecule has 0 spiro atoms. The number of hydrogen-bond donors (Lipinski definition) is 1. The predicted octanol–water partition coefficient (Wildman–Crippen LogP) is 12.3. The number of hydrogen-bond acceptors (Lipinski definition) is 33. The third kappa shape index (κ3) is 22.5. The van der Waals surface area contributed by atoms with Gasteiger partial charge in [0, 0.05) is 26.4 Å². The van der Waals surface area contributed by atoms with Crippen LogP contribution in [0.15, 0.2) is 278 Å². The molecule has 30 nitrogen and oxygen atoms in total. The summed E-state index contributed by atoms with van der Waals surface area (Å²) in [7, 11) is 11.6. The average molecular weight is 1990 g/mol. The number of nitrogens with zero attached hydrogens (tertiary/aromatic N) is 8. The molecule has 8 aromatic heterocycles. The number of ether oxygens (including phenoxy) is 12. The minimum Gasteiger partial charge on any atom is -0.493 e. The highest BCUT2D eigenvalue weighted by molar-refractivity contribution is 7.11. The third-order valence-corrected chi connectivity index (χ3v) is 28.0. The van der Waals surface area contributed by atoms with Crippen LogP contribution in [0.25, 0.3) is 24.3 Å². The van der Waals surface area contributed by atoms with Gasteiger partial charge in [-0.1, -0.05) is 144 Å². The molecule has 704 valence electrons. The Morgan fingerprint density at radius 3 is 0.699 bits per heavy atom. The summed E-state index contributed by atoms with van der Waals surface area (Å²) in [4.78, 5) is 137. The molecular weight excluding hydrogens is 1900 g/mol. The number of benzene rings is 4. The van der Waals surface area contributed by atoms with Gasteiger partial charge in [0.1, 0.15) is 50.6 Å². The van der Waals surface area contributed by atoms with E-state index in [2.05, 4.69) is 46.3 Å². The van der Waals surface area contributed by atoms with Crippen LogP contribution in [-0.4, -0.2) is 137 Å². The summed E-state index contributed by atoms with van der Waals surface area (Å²) in [6, 6.07) is 34.6. The summed E-state index contributed by atoms with van der Waals surface area (Å²) in [6.07, 6.45) is 13.8. The normalized spacial score (nSPS) is 15.3. The molecule has 0 radical (unpaired) electrons. The van der Waals surface area contributed by atoms with Gasteiger partial charge in [-0.15, -0.1) is 45.3 Å². The van der Waals surface area contributed by atoms with E-state index in [-0.39, 0.29) is 22.2 Å². The lowest BCUT2D eigenvalue weighted by molar-refractivity contribution is -0.137. The van der Waals surface area contributed by atoms with Crippen molar-refractivity contribution in [1.29, 1.82) is 0 Å². The Bertz CT molecular complexity index is 6650. The lowest BCUT2D eigenvalue weighted by atomic mass is 10.0. The van der Waals surface area contributed by atoms with E-state index >= 15 is 0 Å². The van der Waals surface area contributed by atoms with Crippen molar-refractivity contribution in [2.24, 2.45) is 20.0 Å². The van der Waals surface area contributed by atoms with Gasteiger partial charge in [-0.3, -0.25) is 42.2 Å². The molecule has 4 aliphatic heterocycles. The molecule has 4 atom stereocenters. The van der Waals surface area contributed by atoms with Crippen LogP contribution in [0.1, 0.15) is 101 Å². The van der Waals surface area contributed by atoms with Gasteiger partial charge in [-0.2, -0.15) is 0 Å². The highest BCUT2D eigenvalue weighted by atomic mass is 32.1. The number of carboxylic acid groups (broad SMARTS) is 1. The molecule has 4 aliphatic rings. The number of carboxylic acids is 1. The zero-order valence-corrected chi connectivity index (χ0v) is 82.3. The molecule has 0 saturated heterocycles. The number of carbonyl (C=O) groups excluding carboxylic acids is 4. The highest BCUT2D eigenvalue weighted by Crippen LogP contribution is 2.40. The molecule has 4 unspecified atom stereocenters. The molecule has 0 aliphatic carbocycles. The van der Waals surface area contributed by atoms with Crippen LogP contribution in [0.4, 0.5) is 0 Å². The summed E-state index contributed by atoms with van der Waals surface area (Å²) in [6.45, 7) is 24.2. The fraction of sp³-hybridized carbons (Fsp3) is 0.214. The molecule has 0 amide bonds. The topological polar surface area (TPSA) is 354 Å². The molecule has 0 bridgehead atoms. The summed E-state index contributed by atoms with van der Waals surface area (Å²) in [5.74, 6) is 1.76. The highest BCUT2D eigenvalue weighted by Gasteiger charge is 2.39. The fourth-order valence-electron chi connectivity index (χ4n) is 14.4. The molecule has 4 aromatic carbocycles. The van der Waals surface area contributed by atoms with Crippen molar-refractivity contribution in [3.8, 4) is 46.0 Å². The number of esters is 4. The number of allylic oxidation sites excluding steroid dienone is 4. The molecule has 0 saturated carbocycles. The fourth-order valence-corrected chi connectivity index (χ4v) is 21.9. The number of aliphatic carboxylic acids is 1. The zero-order valence-electron chi connectivity index (χ0n) is 75.8. The standard InChI is InChI=1S/4C24H22N2O5S2.C2H4O2/c4*1-5-10-31-16-9-8-15(12-17(16)29-3)13-19-22(27)26-21(18-7-6-11-32-18)20(23(28)30-4)14(2)25-24(26)33-19;1-2(3)4/h4*5-9,11-13,21H,1,10H2,2-4H3;1H3,(H,3,4)/b4*19-13+;. The van der Waals surface area contributed by atoms with Crippen LogP contribution in [0.2, 0.25) is 0 Å². The predicted molar refractivity (Wildman–Crippen MR) is 528 cm³/mol. The molecule has 12 heterocycles. The van der Waals surface area contributed by atoms with Crippen LogP contribution >= 0.6 is 90.7 Å². The van der Waals surface area contributed by atoms with Crippen LogP contribution in [0, 0.1) is 0 Å². The van der Waals surface area contributed by atoms with E-state index in [1.807, 2.05) is 94.3 Å². The Morgan fingerprint density at radius 1 is 0.338 bits per heavy atom. The van der Waals surface area contributed by atoms with Crippen molar-refractivity contribution in [3.63, 3.8) is 0 Å². The van der Waals surface area contributed by atoms with E-state index in [1.54, 1.807) is 172 Å². The van der Waals surface area contributed by atoms with E-state index in [0.29, 0.717) is 155 Å². The van der Waals surface area contributed by atoms with Crippen molar-refractivity contribution >= 4 is 145 Å². The van der Waals surface area contributed by atoms with E-state index in [4.69, 9.17) is 66.7 Å². The van der Waals surface area contributed by atoms with Gasteiger partial charge in [-0.05, 0) is 169 Å². The quantitative estimate of drug-likeness (QED) is 0.0270. The summed E-state index contributed by atoms with van der Waals surface area (Å²) in [5, 5.41) is 15.1. The Kier molecular flexibility index (Phi) is 34.5. The van der Waals surface area contributed by atoms with Gasteiger partial charge >= 0.3 is 23.9 Å². The Morgan fingerprint density at radius 2 is 0.537 bits per heavy atom. The summed E-state index contributed by atoms with van der Waals surface area (Å²) >= 11 is 11.0. The van der Waals surface area contributed by atoms with Gasteiger partial charge in [0.05, 0.1) is 120 Å². The molecule has 0 fully saturated rings. The first-order valence-corrected chi connectivity index (χ1v) is 47.9. The van der Waals surface area contributed by atoms with Crippen molar-refractivity contribution < 1.29 is 85.9 Å². The first-order valence-electron chi connectivity index (χ1n) is 41.1. The summed E-state index contributed by atoms with van der Waals surface area (Å²) < 4.78 is 72.4. The SMILES string of the molecule is C=CCOc1ccc(/C=c2/sc3n(c2=O)C(c2cccs2)C(C(=O)OC)=C(C)N=3)cc1OC.C=CCOc1ccc(/C=c2/sc3n(c2=O)C(c2cccs2)C(C(=O)OC)=C(C)N=3)cc1OC.C=CCOc1ccc(/C=c2/sc3n(c2=O)C(c2cccs2)C(C(=O)OC)=C(C)N=3)cc1OC.C=CCOc1ccc(/C=c2/sc3n(c2=O)C(c2cccs2)C(C(=O)OC)=C(C)N=3)cc1OC.CC(=O)O. The lowest BCUT2D eigenvalue weighted by Gasteiger charge is -2.22. The number of thiophene rings is 4. The zero-order chi connectivity index (χ0) is 97.7. The first kappa shape index (κ1) is 101. The van der Waals surface area contributed by atoms with Crippen molar-refractivity contribution in [2.75, 3.05) is 83.3 Å². The van der Waals surface area contributed by atoms with Gasteiger partial charge in [0.25, 0.3) is 28.2 Å². The maximum atomic E-state index is 13.5. The van der Waals surface area contributed by atoms with Gasteiger partial charge in [0.2, 0.25) is 0 Å². The van der Waals surface area contributed by atoms with Crippen molar-refractivity contribution in [3.05, 3.63) is 359 Å². The average Bonchev–Trinajstić information content (AvgIpc) is 1.60. The molecular formula is C98H92N8O22S8. The van der Waals surface area contributed by atoms with E-state index in [0.717, 1.165) is 48.7 Å². The molecule has 16 rings (SSSR count). The third-order valence-electron chi connectivity index (χ3n) is 20.3. The number of aromatic nitrogens is 4. The maximum absolute atomic E-state index is 13.5. The summed E-state index contributed by atoms with van der Waals surface area (Å²) in [5.41, 5.74) is 5.83. The minimum atomic E-state index is -0.833. The second-order valence-electron chi connectivity index (χ2n) is 28.9.